The van der Waals surface area contributed by atoms with Crippen LogP contribution in [0.5, 0.6) is 0 Å². The zero-order valence-corrected chi connectivity index (χ0v) is 47.7. The van der Waals surface area contributed by atoms with Gasteiger partial charge in [-0.1, -0.05) is 137 Å². The van der Waals surface area contributed by atoms with Crippen molar-refractivity contribution in [2.45, 2.75) is 154 Å². The Morgan fingerprint density at radius 1 is 0.685 bits per heavy atom. The van der Waals surface area contributed by atoms with Crippen LogP contribution in [0.25, 0.3) is 11.0 Å². The Bertz CT molecular complexity index is 2590. The number of aliphatic carboxylic acids is 1. The minimum atomic E-state index is -0.916. The number of hydrogen-bond acceptors (Lipinski definition) is 10. The van der Waals surface area contributed by atoms with Gasteiger partial charge in [0.1, 0.15) is 17.6 Å². The molecule has 3 aliphatic carbocycles. The third-order valence-corrected chi connectivity index (χ3v) is 14.1. The van der Waals surface area contributed by atoms with Crippen molar-refractivity contribution < 1.29 is 78.6 Å². The van der Waals surface area contributed by atoms with Crippen LogP contribution in [-0.4, -0.2) is 72.7 Å². The van der Waals surface area contributed by atoms with E-state index in [4.69, 9.17) is 21.6 Å². The van der Waals surface area contributed by atoms with Gasteiger partial charge < -0.3 is 32.7 Å². The third kappa shape index (κ3) is 17.5. The van der Waals surface area contributed by atoms with Crippen LogP contribution in [0.4, 0.5) is 17.1 Å². The zero-order valence-electron chi connectivity index (χ0n) is 42.9. The van der Waals surface area contributed by atoms with Crippen LogP contribution in [0.15, 0.2) is 102 Å². The van der Waals surface area contributed by atoms with Crippen molar-refractivity contribution in [2.24, 2.45) is 28.5 Å². The van der Waals surface area contributed by atoms with Gasteiger partial charge in [0.15, 0.2) is 11.6 Å². The molecule has 3 atom stereocenters. The van der Waals surface area contributed by atoms with Crippen LogP contribution in [0.1, 0.15) is 169 Å². The molecule has 73 heavy (non-hydrogen) atoms. The summed E-state index contributed by atoms with van der Waals surface area (Å²) in [6, 6.07) is 28.4. The van der Waals surface area contributed by atoms with Crippen LogP contribution in [0.3, 0.4) is 0 Å². The van der Waals surface area contributed by atoms with Gasteiger partial charge in [-0.3, -0.25) is 24.2 Å². The molecular weight excluding hydrogens is 1140 g/mol. The number of anilines is 3. The number of carboxylic acid groups (broad SMARTS) is 1. The molecule has 0 bridgehead atoms. The molecule has 1 aromatic heterocycles. The van der Waals surface area contributed by atoms with Crippen LogP contribution >= 0.6 is 0 Å². The van der Waals surface area contributed by atoms with E-state index in [2.05, 4.69) is 27.0 Å². The number of nitrogen functional groups attached to an aromatic ring is 1. The number of benzodiazepines with no additional fused rings is 1. The molecule has 5 aromatic rings. The Kier molecular flexibility index (Phi) is 25.6. The van der Waals surface area contributed by atoms with Gasteiger partial charge in [-0.15, -0.1) is 5.10 Å². The molecule has 15 nitrogen and oxygen atoms in total. The Morgan fingerprint density at radius 3 is 1.75 bits per heavy atom. The van der Waals surface area contributed by atoms with E-state index in [1.165, 1.54) is 81.7 Å². The molecule has 2 amide bonds. The van der Waals surface area contributed by atoms with E-state index in [1.807, 2.05) is 73.7 Å². The first-order valence-electron chi connectivity index (χ1n) is 25.9. The monoisotopic (exact) mass is 1210 g/mol. The molecule has 0 saturated heterocycles. The minimum Gasteiger partial charge on any atom is -0.480 e. The first kappa shape index (κ1) is 60.4. The van der Waals surface area contributed by atoms with Gasteiger partial charge in [0.2, 0.25) is 11.8 Å². The number of ketones is 2. The Balaban J connectivity index is 0.000000211. The summed E-state index contributed by atoms with van der Waals surface area (Å²) in [6.07, 6.45) is 21.2. The molecule has 1 radical (unpaired) electrons. The zero-order chi connectivity index (χ0) is 50.7. The van der Waals surface area contributed by atoms with Crippen LogP contribution < -0.4 is 22.1 Å². The fourth-order valence-electron chi connectivity index (χ4n) is 9.84. The van der Waals surface area contributed by atoms with Crippen LogP contribution in [0, 0.1) is 61.8 Å². The Labute approximate surface area is 466 Å². The second-order valence-electron chi connectivity index (χ2n) is 19.5. The van der Waals surface area contributed by atoms with Gasteiger partial charge in [-0.2, -0.15) is 0 Å². The number of carbonyl (C=O) groups excluding carboxylic acids is 4. The molecular formula is C57H76AcN8O7. The Hall–Kier alpha value is -5.14. The summed E-state index contributed by atoms with van der Waals surface area (Å²) >= 11 is 0. The maximum atomic E-state index is 12.7. The molecule has 389 valence electrons. The second-order valence-corrected chi connectivity index (χ2v) is 19.5. The molecule has 9 rings (SSSR count). The number of hydrogen-bond donors (Lipinski definition) is 5. The number of nitrogens with two attached hydrogens (primary N) is 2. The number of aromatic nitrogens is 3. The van der Waals surface area contributed by atoms with Gasteiger partial charge in [0.05, 0.1) is 17.2 Å². The van der Waals surface area contributed by atoms with Crippen molar-refractivity contribution in [3.8, 4) is 0 Å². The van der Waals surface area contributed by atoms with E-state index in [9.17, 15) is 24.0 Å². The molecule has 3 fully saturated rings. The predicted molar refractivity (Wildman–Crippen MR) is 286 cm³/mol. The van der Waals surface area contributed by atoms with Crippen molar-refractivity contribution in [2.75, 3.05) is 16.4 Å². The van der Waals surface area contributed by atoms with Gasteiger partial charge in [0.25, 0.3) is 0 Å². The fourth-order valence-corrected chi connectivity index (χ4v) is 9.84. The first-order chi connectivity index (χ1) is 34.3. The summed E-state index contributed by atoms with van der Waals surface area (Å²) < 4.78 is 1.40. The normalized spacial score (nSPS) is 18.2. The smallest absolute Gasteiger partial charge is 0.328 e. The fraction of sp³-hybridized carbons (Fsp3) is 0.474. The summed E-state index contributed by atoms with van der Waals surface area (Å²) in [5.41, 5.74) is 18.6. The van der Waals surface area contributed by atoms with Crippen LogP contribution in [-0.2, 0) is 14.4 Å². The molecule has 2 heterocycles. The number of carboxylic acids is 1. The average molecular weight is 1210 g/mol. The molecule has 3 saturated carbocycles. The minimum absolute atomic E-state index is 0. The molecule has 4 aliphatic rings. The number of rotatable bonds is 9. The predicted octanol–water partition coefficient (Wildman–Crippen LogP) is 10.6. The molecule has 3 unspecified atom stereocenters. The number of aliphatic imine (C=N–C) groups is 1. The number of benzene rings is 4. The molecule has 9 N–H and O–H groups in total. The van der Waals surface area contributed by atoms with Gasteiger partial charge in [-0.05, 0) is 102 Å². The maximum absolute atomic E-state index is 12.7. The Morgan fingerprint density at radius 2 is 1.18 bits per heavy atom. The van der Waals surface area contributed by atoms with Gasteiger partial charge in [0, 0.05) is 95.6 Å². The summed E-state index contributed by atoms with van der Waals surface area (Å²) in [5.74, 6) is 0.0113. The van der Waals surface area contributed by atoms with E-state index in [-0.39, 0.29) is 90.8 Å². The largest absolute Gasteiger partial charge is 0.480 e. The van der Waals surface area contributed by atoms with Gasteiger partial charge in [-0.25, -0.2) is 9.48 Å². The quantitative estimate of drug-likeness (QED) is 0.0530. The average Bonchev–Trinajstić information content (AvgIpc) is 3.76. The number of Topliss-reactive ketones (excluding diaryl/α,β-unsaturated/α-hetero) is 2. The molecule has 4 aromatic carbocycles. The number of carbonyl (C=O) groups is 5. The number of nitrogens with one attached hydrogen (secondary N) is 2. The molecule has 0 spiro atoms. The maximum Gasteiger partial charge on any atom is 0.328 e. The molecule has 16 heteroatoms. The van der Waals surface area contributed by atoms with E-state index >= 15 is 0 Å². The van der Waals surface area contributed by atoms with E-state index in [1.54, 1.807) is 38.1 Å². The van der Waals surface area contributed by atoms with E-state index in [0.717, 1.165) is 66.6 Å². The second kappa shape index (κ2) is 30.9. The summed E-state index contributed by atoms with van der Waals surface area (Å²) in [4.78, 5) is 64.4. The van der Waals surface area contributed by atoms with Crippen molar-refractivity contribution in [3.63, 3.8) is 0 Å². The van der Waals surface area contributed by atoms with Crippen molar-refractivity contribution >= 4 is 63.2 Å². The standard InChI is InChI=1S/C17H24N2O2.C17H22N2O.C14H19NO.C9H9N3O2.Ac.H2O/c1-12(18)17(21)19-15-11-7-6-10-14(15)16(20)13-8-4-2-3-5-9-13;1-12-17(20)19-15-11-7-6-10-14(15)16(18-12)13-8-4-2-3-5-9-13;15-13-10-6-5-9-12(13)14(16)11-7-3-1-2-4-8-11;1-6(9(13)14)12-8-5-3-2-4-7(8)10-11-12;;/h6-7,10-13H,2-5,8-9,18H2,1H3,(H,19,21);6-7,10-13H,2-5,8-9H2,1H3,(H,19,20);5-6,9-11H,1-4,7-8,15H2;2-6H,1H3,(H,13,14);;1H2. The summed E-state index contributed by atoms with van der Waals surface area (Å²) in [6.45, 7) is 5.09. The summed E-state index contributed by atoms with van der Waals surface area (Å²) in [5, 5.41) is 22.3. The number of fused-ring (bicyclic) bond motifs is 2. The third-order valence-electron chi connectivity index (χ3n) is 14.1. The van der Waals surface area contributed by atoms with Crippen molar-refractivity contribution in [3.05, 3.63) is 114 Å². The number of nitrogens with zero attached hydrogens (tertiary/aromatic N) is 4. The summed E-state index contributed by atoms with van der Waals surface area (Å²) in [7, 11) is 0. The SMILES string of the molecule is CC(C(=O)O)n1nnc2ccccc21.CC(N)C(=O)Nc1ccccc1C(=O)C1CCCCCC1.CC1N=C(C2CCCCCC2)c2ccccc2NC1=O.Nc1ccccc1C(=O)C1CCCCCC1.O.[Ac]. The van der Waals surface area contributed by atoms with E-state index in [0.29, 0.717) is 28.4 Å². The van der Waals surface area contributed by atoms with E-state index < -0.39 is 18.1 Å². The van der Waals surface area contributed by atoms with Crippen LogP contribution in [0.2, 0.25) is 0 Å². The number of para-hydroxylation sites is 4. The van der Waals surface area contributed by atoms with Crippen molar-refractivity contribution in [1.29, 1.82) is 0 Å². The topological polar surface area (TPSA) is 256 Å². The first-order valence-corrected chi connectivity index (χ1v) is 25.9. The number of amides is 2. The molecule has 1 aliphatic heterocycles. The van der Waals surface area contributed by atoms with Gasteiger partial charge >= 0.3 is 5.97 Å². The van der Waals surface area contributed by atoms with Crippen molar-refractivity contribution in [1.82, 2.24) is 15.0 Å².